The van der Waals surface area contributed by atoms with Crippen molar-refractivity contribution in [2.75, 3.05) is 46.0 Å². The van der Waals surface area contributed by atoms with Crippen LogP contribution in [0.15, 0.2) is 18.2 Å². The van der Waals surface area contributed by atoms with Crippen molar-refractivity contribution >= 4 is 45.9 Å². The lowest BCUT2D eigenvalue weighted by Gasteiger charge is -2.29. The van der Waals surface area contributed by atoms with Gasteiger partial charge in [-0.1, -0.05) is 57.6 Å². The highest BCUT2D eigenvalue weighted by molar-refractivity contribution is 6.36. The van der Waals surface area contributed by atoms with Gasteiger partial charge >= 0.3 is 5.97 Å². The second-order valence-corrected chi connectivity index (χ2v) is 19.5. The largest absolute Gasteiger partial charge is 0.491 e. The van der Waals surface area contributed by atoms with E-state index in [0.717, 1.165) is 102 Å². The van der Waals surface area contributed by atoms with Crippen molar-refractivity contribution in [1.82, 2.24) is 14.8 Å². The number of aromatic nitrogens is 1. The number of carbonyl (C=O) groups is 4. The number of rotatable bonds is 12. The highest BCUT2D eigenvalue weighted by Crippen LogP contribution is 2.59. The maximum absolute atomic E-state index is 14.8. The molecule has 11 nitrogen and oxygen atoms in total. The number of esters is 1. The Morgan fingerprint density at radius 1 is 0.966 bits per heavy atom. The number of amides is 1. The normalized spacial score (nSPS) is 31.5. The van der Waals surface area contributed by atoms with Crippen LogP contribution in [0.5, 0.6) is 11.5 Å². The second kappa shape index (κ2) is 18.4. The molecule has 0 spiro atoms. The third-order valence-corrected chi connectivity index (χ3v) is 14.7. The number of nitrogens with zero attached hydrogens (tertiary/aromatic N) is 3. The summed E-state index contributed by atoms with van der Waals surface area (Å²) in [6, 6.07) is 4.99. The van der Waals surface area contributed by atoms with E-state index in [4.69, 9.17) is 35.5 Å². The first-order valence-corrected chi connectivity index (χ1v) is 23.1. The minimum Gasteiger partial charge on any atom is -0.491 e. The van der Waals surface area contributed by atoms with Crippen LogP contribution in [0.2, 0.25) is 5.02 Å². The highest BCUT2D eigenvalue weighted by atomic mass is 35.5. The molecule has 6 aliphatic rings. The van der Waals surface area contributed by atoms with Crippen LogP contribution in [-0.4, -0.2) is 102 Å². The standard InChI is InChI=1S/C47H64ClN3O8/c1-29(2)19-35-24-42(38-11-12-41(44(48)45(38)49-35)57-18-15-50-13-16-56-17-14-50)58-37-25-39-40(53)27-47(30(3)52)26-34(47)10-8-6-4-5-7-9-31(46(55)51(39)28-37)23-43(54)59-36-21-32-20-33(32)22-36/h11-12,24,29,31-34,36-37,39H,4-10,13-23,25-28H2,1-3H3/t31-,32-,33+,34-,36?,37-,39+,47+/m1/s1. The molecule has 1 amide bonds. The number of halogens is 1. The molecule has 59 heavy (non-hydrogen) atoms. The van der Waals surface area contributed by atoms with Crippen LogP contribution in [0.4, 0.5) is 0 Å². The molecule has 8 atom stereocenters. The molecule has 1 unspecified atom stereocenters. The van der Waals surface area contributed by atoms with E-state index >= 15 is 0 Å². The quantitative estimate of drug-likeness (QED) is 0.196. The summed E-state index contributed by atoms with van der Waals surface area (Å²) in [5.41, 5.74) is 0.767. The smallest absolute Gasteiger partial charge is 0.306 e. The topological polar surface area (TPSA) is 125 Å². The third kappa shape index (κ3) is 9.94. The number of morpholine rings is 1. The predicted molar refractivity (Wildman–Crippen MR) is 225 cm³/mol. The van der Waals surface area contributed by atoms with Crippen LogP contribution >= 0.6 is 11.6 Å². The van der Waals surface area contributed by atoms with E-state index in [1.807, 2.05) is 18.2 Å². The van der Waals surface area contributed by atoms with E-state index < -0.39 is 23.5 Å². The second-order valence-electron chi connectivity index (χ2n) is 19.1. The number of carbonyl (C=O) groups excluding carboxylic acids is 4. The van der Waals surface area contributed by atoms with Crippen molar-refractivity contribution in [2.24, 2.45) is 35.0 Å². The first-order valence-electron chi connectivity index (χ1n) is 22.7. The molecule has 0 radical (unpaired) electrons. The van der Waals surface area contributed by atoms with Gasteiger partial charge in [0.05, 0.1) is 37.7 Å². The van der Waals surface area contributed by atoms with Crippen molar-refractivity contribution in [3.63, 3.8) is 0 Å². The van der Waals surface area contributed by atoms with Gasteiger partial charge in [-0.2, -0.15) is 0 Å². The van der Waals surface area contributed by atoms with Gasteiger partial charge < -0.3 is 23.8 Å². The first kappa shape index (κ1) is 42.4. The summed E-state index contributed by atoms with van der Waals surface area (Å²) in [5, 5.41) is 1.15. The lowest BCUT2D eigenvalue weighted by atomic mass is 9.87. The van der Waals surface area contributed by atoms with E-state index in [1.165, 1.54) is 6.42 Å². The van der Waals surface area contributed by atoms with Gasteiger partial charge in [0.15, 0.2) is 5.78 Å². The van der Waals surface area contributed by atoms with Crippen LogP contribution < -0.4 is 9.47 Å². The van der Waals surface area contributed by atoms with E-state index in [0.29, 0.717) is 65.7 Å². The van der Waals surface area contributed by atoms with Crippen LogP contribution in [0.1, 0.15) is 116 Å². The van der Waals surface area contributed by atoms with Crippen LogP contribution in [0, 0.1) is 35.0 Å². The highest BCUT2D eigenvalue weighted by Gasteiger charge is 2.59. The molecule has 0 bridgehead atoms. The Bertz CT molecular complexity index is 1870. The summed E-state index contributed by atoms with van der Waals surface area (Å²) in [6.45, 7) is 10.5. The Labute approximate surface area is 354 Å². The van der Waals surface area contributed by atoms with Gasteiger partial charge in [0, 0.05) is 61.0 Å². The van der Waals surface area contributed by atoms with Crippen LogP contribution in [0.3, 0.4) is 0 Å². The van der Waals surface area contributed by atoms with Gasteiger partial charge in [-0.15, -0.1) is 0 Å². The van der Waals surface area contributed by atoms with Gasteiger partial charge in [-0.05, 0) is 87.7 Å². The van der Waals surface area contributed by atoms with Crippen LogP contribution in [0.25, 0.3) is 10.9 Å². The molecule has 3 saturated carbocycles. The Hall–Kier alpha value is -3.28. The van der Waals surface area contributed by atoms with Gasteiger partial charge in [0.2, 0.25) is 5.91 Å². The summed E-state index contributed by atoms with van der Waals surface area (Å²) in [5.74, 6) is 1.92. The minimum atomic E-state index is -0.756. The summed E-state index contributed by atoms with van der Waals surface area (Å²) < 4.78 is 24.5. The fourth-order valence-corrected chi connectivity index (χ4v) is 11.0. The lowest BCUT2D eigenvalue weighted by Crippen LogP contribution is -2.45. The van der Waals surface area contributed by atoms with E-state index in [1.54, 1.807) is 11.8 Å². The van der Waals surface area contributed by atoms with Crippen molar-refractivity contribution < 1.29 is 38.1 Å². The monoisotopic (exact) mass is 833 g/mol. The Kier molecular flexibility index (Phi) is 13.2. The fraction of sp³-hybridized carbons (Fsp3) is 0.723. The first-order chi connectivity index (χ1) is 28.5. The molecule has 3 saturated heterocycles. The predicted octanol–water partition coefficient (Wildman–Crippen LogP) is 7.79. The molecule has 2 aromatic rings. The molecule has 1 aromatic carbocycles. The molecule has 8 rings (SSSR count). The van der Waals surface area contributed by atoms with E-state index in [2.05, 4.69) is 18.7 Å². The number of ketones is 2. The molecule has 322 valence electrons. The SMILES string of the molecule is CC(=O)[C@]12CC(=O)[C@@H]3C[C@@H](Oc4cc(CC(C)C)nc5c(Cl)c(OCCN6CCOCC6)ccc45)CN3C(=O)[C@@H](CC(=O)OC3C[C@@H]4C[C@@H]4C3)CCCCCCC[C@@H]1C2. The average molecular weight is 834 g/mol. The maximum Gasteiger partial charge on any atom is 0.306 e. The number of fused-ring (bicyclic) bond motifs is 4. The van der Waals surface area contributed by atoms with Gasteiger partial charge in [0.25, 0.3) is 0 Å². The lowest BCUT2D eigenvalue weighted by molar-refractivity contribution is -0.154. The summed E-state index contributed by atoms with van der Waals surface area (Å²) in [6.07, 6.45) is 10.8. The molecule has 3 aliphatic carbocycles. The molecule has 0 N–H and O–H groups in total. The molecule has 6 fully saturated rings. The van der Waals surface area contributed by atoms with Crippen molar-refractivity contribution in [3.05, 3.63) is 28.9 Å². The zero-order chi connectivity index (χ0) is 41.3. The number of pyridine rings is 1. The summed E-state index contributed by atoms with van der Waals surface area (Å²) >= 11 is 7.06. The minimum absolute atomic E-state index is 0.00988. The van der Waals surface area contributed by atoms with Gasteiger partial charge in [0.1, 0.15) is 41.1 Å². The van der Waals surface area contributed by atoms with Crippen molar-refractivity contribution in [2.45, 2.75) is 135 Å². The van der Waals surface area contributed by atoms with Gasteiger partial charge in [-0.3, -0.25) is 29.1 Å². The van der Waals surface area contributed by atoms with E-state index in [-0.39, 0.29) is 54.9 Å². The van der Waals surface area contributed by atoms with Crippen molar-refractivity contribution in [1.29, 1.82) is 0 Å². The summed E-state index contributed by atoms with van der Waals surface area (Å²) in [4.78, 5) is 64.9. The molecule has 3 aliphatic heterocycles. The number of Topliss-reactive ketones (excluding diaryl/α,β-unsaturated/α-hetero) is 2. The Balaban J connectivity index is 1.05. The molecular weight excluding hydrogens is 770 g/mol. The van der Waals surface area contributed by atoms with Crippen LogP contribution in [-0.2, 0) is 35.1 Å². The van der Waals surface area contributed by atoms with Gasteiger partial charge in [-0.25, -0.2) is 0 Å². The molecular formula is C47H64ClN3O8. The fourth-order valence-electron chi connectivity index (χ4n) is 10.7. The zero-order valence-corrected chi connectivity index (χ0v) is 36.1. The molecule has 4 heterocycles. The molecule has 1 aromatic heterocycles. The number of hydrogen-bond acceptors (Lipinski definition) is 10. The van der Waals surface area contributed by atoms with E-state index in [9.17, 15) is 19.2 Å². The zero-order valence-electron chi connectivity index (χ0n) is 35.4. The molecule has 12 heteroatoms. The Morgan fingerprint density at radius 3 is 2.46 bits per heavy atom. The maximum atomic E-state index is 14.8. The average Bonchev–Trinajstić information content (AvgIpc) is 4.00. The number of benzene rings is 1. The van der Waals surface area contributed by atoms with Crippen molar-refractivity contribution in [3.8, 4) is 11.5 Å². The Morgan fingerprint density at radius 2 is 1.71 bits per heavy atom. The number of hydrogen-bond donors (Lipinski definition) is 0. The number of ether oxygens (including phenoxy) is 4. The third-order valence-electron chi connectivity index (χ3n) is 14.3. The summed E-state index contributed by atoms with van der Waals surface area (Å²) in [7, 11) is 0.